The lowest BCUT2D eigenvalue weighted by Crippen LogP contribution is -2.48. The first kappa shape index (κ1) is 18.1. The van der Waals surface area contributed by atoms with E-state index in [1.165, 1.54) is 18.4 Å². The first-order chi connectivity index (χ1) is 11.9. The van der Waals surface area contributed by atoms with E-state index in [0.717, 1.165) is 30.7 Å². The maximum Gasteiger partial charge on any atom is 0.191 e. The SMILES string of the molecule is CN=C(NCC(C)N(C)C1CC1)NC1CC(C)(C)Oc2ccccc21. The van der Waals surface area contributed by atoms with Crippen LogP contribution >= 0.6 is 0 Å². The van der Waals surface area contributed by atoms with E-state index in [-0.39, 0.29) is 11.6 Å². The first-order valence-corrected chi connectivity index (χ1v) is 9.36. The molecule has 1 aliphatic heterocycles. The van der Waals surface area contributed by atoms with Crippen LogP contribution in [0.4, 0.5) is 0 Å². The van der Waals surface area contributed by atoms with Crippen molar-refractivity contribution in [2.75, 3.05) is 20.6 Å². The van der Waals surface area contributed by atoms with Crippen LogP contribution in [-0.4, -0.2) is 49.2 Å². The number of ether oxygens (including phenoxy) is 1. The Balaban J connectivity index is 1.63. The van der Waals surface area contributed by atoms with Gasteiger partial charge in [-0.2, -0.15) is 0 Å². The average Bonchev–Trinajstić information content (AvgIpc) is 3.41. The van der Waals surface area contributed by atoms with E-state index in [2.05, 4.69) is 60.5 Å². The zero-order valence-corrected chi connectivity index (χ0v) is 16.2. The topological polar surface area (TPSA) is 48.9 Å². The maximum atomic E-state index is 6.12. The van der Waals surface area contributed by atoms with Crippen LogP contribution in [-0.2, 0) is 0 Å². The van der Waals surface area contributed by atoms with Gasteiger partial charge in [0.2, 0.25) is 0 Å². The van der Waals surface area contributed by atoms with Crippen molar-refractivity contribution in [2.24, 2.45) is 4.99 Å². The molecule has 5 nitrogen and oxygen atoms in total. The van der Waals surface area contributed by atoms with Gasteiger partial charge in [-0.05, 0) is 46.7 Å². The van der Waals surface area contributed by atoms with Crippen LogP contribution < -0.4 is 15.4 Å². The van der Waals surface area contributed by atoms with Gasteiger partial charge in [-0.15, -0.1) is 0 Å². The molecule has 2 atom stereocenters. The monoisotopic (exact) mass is 344 g/mol. The Kier molecular flexibility index (Phi) is 5.23. The van der Waals surface area contributed by atoms with E-state index < -0.39 is 0 Å². The van der Waals surface area contributed by atoms with Crippen molar-refractivity contribution in [2.45, 2.75) is 63.8 Å². The lowest BCUT2D eigenvalue weighted by Gasteiger charge is -2.38. The molecule has 0 amide bonds. The van der Waals surface area contributed by atoms with Crippen LogP contribution in [0.3, 0.4) is 0 Å². The van der Waals surface area contributed by atoms with Crippen molar-refractivity contribution in [1.82, 2.24) is 15.5 Å². The summed E-state index contributed by atoms with van der Waals surface area (Å²) in [6.45, 7) is 7.44. The summed E-state index contributed by atoms with van der Waals surface area (Å²) in [6, 6.07) is 9.74. The number of fused-ring (bicyclic) bond motifs is 1. The molecule has 1 heterocycles. The number of likely N-dealkylation sites (N-methyl/N-ethyl adjacent to an activating group) is 1. The number of para-hydroxylation sites is 1. The Morgan fingerprint density at radius 3 is 2.76 bits per heavy atom. The van der Waals surface area contributed by atoms with Crippen LogP contribution in [0.5, 0.6) is 5.75 Å². The molecular weight excluding hydrogens is 312 g/mol. The van der Waals surface area contributed by atoms with Crippen LogP contribution in [0.1, 0.15) is 51.6 Å². The lowest BCUT2D eigenvalue weighted by atomic mass is 9.90. The van der Waals surface area contributed by atoms with Gasteiger partial charge >= 0.3 is 0 Å². The fraction of sp³-hybridized carbons (Fsp3) is 0.650. The van der Waals surface area contributed by atoms with Crippen LogP contribution in [0.15, 0.2) is 29.3 Å². The van der Waals surface area contributed by atoms with Crippen LogP contribution in [0, 0.1) is 0 Å². The van der Waals surface area contributed by atoms with E-state index in [1.807, 2.05) is 19.2 Å². The predicted molar refractivity (Wildman–Crippen MR) is 103 cm³/mol. The van der Waals surface area contributed by atoms with Crippen LogP contribution in [0.25, 0.3) is 0 Å². The van der Waals surface area contributed by atoms with Gasteiger partial charge in [0.05, 0.1) is 6.04 Å². The second kappa shape index (κ2) is 7.24. The van der Waals surface area contributed by atoms with E-state index in [4.69, 9.17) is 4.74 Å². The Morgan fingerprint density at radius 2 is 2.08 bits per heavy atom. The van der Waals surface area contributed by atoms with Crippen molar-refractivity contribution in [1.29, 1.82) is 0 Å². The summed E-state index contributed by atoms with van der Waals surface area (Å²) in [7, 11) is 4.05. The molecule has 3 rings (SSSR count). The molecule has 0 saturated heterocycles. The second-order valence-electron chi connectivity index (χ2n) is 8.00. The highest BCUT2D eigenvalue weighted by molar-refractivity contribution is 5.80. The number of hydrogen-bond donors (Lipinski definition) is 2. The number of nitrogens with one attached hydrogen (secondary N) is 2. The van der Waals surface area contributed by atoms with Gasteiger partial charge in [-0.1, -0.05) is 18.2 Å². The molecule has 1 saturated carbocycles. The van der Waals surface area contributed by atoms with Crippen LogP contribution in [0.2, 0.25) is 0 Å². The highest BCUT2D eigenvalue weighted by Gasteiger charge is 2.34. The third kappa shape index (κ3) is 4.46. The predicted octanol–water partition coefficient (Wildman–Crippen LogP) is 2.94. The minimum Gasteiger partial charge on any atom is -0.487 e. The molecule has 2 N–H and O–H groups in total. The Labute approximate surface area is 151 Å². The number of hydrogen-bond acceptors (Lipinski definition) is 3. The maximum absolute atomic E-state index is 6.12. The van der Waals surface area contributed by atoms with Gasteiger partial charge in [0.15, 0.2) is 5.96 Å². The molecule has 2 unspecified atom stereocenters. The molecule has 1 aromatic carbocycles. The standard InChI is InChI=1S/C20H32N4O/c1-14(24(5)15-10-11-15)13-22-19(21-4)23-17-12-20(2,3)25-18-9-7-6-8-16(17)18/h6-9,14-15,17H,10-13H2,1-5H3,(H2,21,22,23). The van der Waals surface area contributed by atoms with Gasteiger partial charge in [0, 0.05) is 37.7 Å². The van der Waals surface area contributed by atoms with Gasteiger partial charge < -0.3 is 15.4 Å². The molecule has 5 heteroatoms. The molecule has 2 aliphatic rings. The summed E-state index contributed by atoms with van der Waals surface area (Å²) in [5, 5.41) is 7.09. The Bertz CT molecular complexity index is 624. The summed E-state index contributed by atoms with van der Waals surface area (Å²) >= 11 is 0. The van der Waals surface area contributed by atoms with Gasteiger partial charge in [-0.25, -0.2) is 0 Å². The molecule has 138 valence electrons. The lowest BCUT2D eigenvalue weighted by molar-refractivity contribution is 0.0694. The summed E-state index contributed by atoms with van der Waals surface area (Å²) in [4.78, 5) is 6.90. The summed E-state index contributed by atoms with van der Waals surface area (Å²) in [5.74, 6) is 1.82. The molecule has 1 fully saturated rings. The number of aliphatic imine (C=N–C) groups is 1. The third-order valence-electron chi connectivity index (χ3n) is 5.29. The Hall–Kier alpha value is -1.75. The smallest absolute Gasteiger partial charge is 0.191 e. The third-order valence-corrected chi connectivity index (χ3v) is 5.29. The van der Waals surface area contributed by atoms with Gasteiger partial charge in [0.1, 0.15) is 11.4 Å². The molecule has 0 bridgehead atoms. The number of benzene rings is 1. The highest BCUT2D eigenvalue weighted by Crippen LogP contribution is 2.39. The Morgan fingerprint density at radius 1 is 1.36 bits per heavy atom. The molecule has 0 radical (unpaired) electrons. The van der Waals surface area contributed by atoms with Crippen molar-refractivity contribution >= 4 is 5.96 Å². The molecule has 25 heavy (non-hydrogen) atoms. The fourth-order valence-electron chi connectivity index (χ4n) is 3.52. The number of guanidine groups is 1. The van der Waals surface area contributed by atoms with E-state index in [1.54, 1.807) is 0 Å². The van der Waals surface area contributed by atoms with E-state index in [9.17, 15) is 0 Å². The van der Waals surface area contributed by atoms with Gasteiger partial charge in [-0.3, -0.25) is 9.89 Å². The highest BCUT2D eigenvalue weighted by atomic mass is 16.5. The number of rotatable bonds is 5. The quantitative estimate of drug-likeness (QED) is 0.637. The van der Waals surface area contributed by atoms with Crippen molar-refractivity contribution in [3.63, 3.8) is 0 Å². The second-order valence-corrected chi connectivity index (χ2v) is 8.00. The van der Waals surface area contributed by atoms with Gasteiger partial charge in [0.25, 0.3) is 0 Å². The summed E-state index contributed by atoms with van der Waals surface area (Å²) in [5.41, 5.74) is 1.01. The minimum atomic E-state index is -0.190. The largest absolute Gasteiger partial charge is 0.487 e. The van der Waals surface area contributed by atoms with E-state index in [0.29, 0.717) is 6.04 Å². The van der Waals surface area contributed by atoms with E-state index >= 15 is 0 Å². The molecule has 0 aromatic heterocycles. The fourth-order valence-corrected chi connectivity index (χ4v) is 3.52. The summed E-state index contributed by atoms with van der Waals surface area (Å²) < 4.78 is 6.12. The number of nitrogens with zero attached hydrogens (tertiary/aromatic N) is 2. The minimum absolute atomic E-state index is 0.190. The zero-order valence-electron chi connectivity index (χ0n) is 16.2. The van der Waals surface area contributed by atoms with Crippen molar-refractivity contribution in [3.05, 3.63) is 29.8 Å². The van der Waals surface area contributed by atoms with Crippen molar-refractivity contribution < 1.29 is 4.74 Å². The average molecular weight is 345 g/mol. The molecular formula is C20H32N4O. The molecule has 0 spiro atoms. The zero-order chi connectivity index (χ0) is 18.0. The normalized spacial score (nSPS) is 23.6. The molecule has 1 aromatic rings. The van der Waals surface area contributed by atoms with Crippen molar-refractivity contribution in [3.8, 4) is 5.75 Å². The first-order valence-electron chi connectivity index (χ1n) is 9.36. The summed E-state index contributed by atoms with van der Waals surface area (Å²) in [6.07, 6.45) is 3.58. The molecule has 1 aliphatic carbocycles.